The van der Waals surface area contributed by atoms with Gasteiger partial charge in [-0.2, -0.15) is 0 Å². The second kappa shape index (κ2) is 7.16. The highest BCUT2D eigenvalue weighted by molar-refractivity contribution is 5.94. The number of carboxylic acid groups (broad SMARTS) is 1. The standard InChI is InChI=1S/C17H20N2O5/c1-9(2)4-12-5-11(6-15(20)19-12)16(21)18-8-13-7-14(17(22)23)10(3)24-13/h5-7,9H,4,8H2,1-3H3,(H,18,21)(H,19,20)(H,22,23). The SMILES string of the molecule is Cc1oc(CNC(=O)c2cc(CC(C)C)[nH]c(=O)c2)cc1C(=O)O. The molecule has 0 aliphatic carbocycles. The lowest BCUT2D eigenvalue weighted by Crippen LogP contribution is -2.25. The second-order valence-electron chi connectivity index (χ2n) is 6.03. The van der Waals surface area contributed by atoms with Gasteiger partial charge in [0.05, 0.1) is 6.54 Å². The van der Waals surface area contributed by atoms with Crippen molar-refractivity contribution in [3.8, 4) is 0 Å². The maximum absolute atomic E-state index is 12.2. The molecule has 24 heavy (non-hydrogen) atoms. The summed E-state index contributed by atoms with van der Waals surface area (Å²) in [4.78, 5) is 37.6. The van der Waals surface area contributed by atoms with Crippen LogP contribution in [0.15, 0.2) is 27.4 Å². The van der Waals surface area contributed by atoms with Crippen molar-refractivity contribution in [1.82, 2.24) is 10.3 Å². The summed E-state index contributed by atoms with van der Waals surface area (Å²) < 4.78 is 5.30. The van der Waals surface area contributed by atoms with Gasteiger partial charge < -0.3 is 19.8 Å². The number of aromatic amines is 1. The quantitative estimate of drug-likeness (QED) is 0.750. The van der Waals surface area contributed by atoms with Gasteiger partial charge in [-0.05, 0) is 31.4 Å². The highest BCUT2D eigenvalue weighted by atomic mass is 16.4. The summed E-state index contributed by atoms with van der Waals surface area (Å²) >= 11 is 0. The molecule has 0 aromatic carbocycles. The van der Waals surface area contributed by atoms with E-state index in [0.29, 0.717) is 23.8 Å². The number of H-pyrrole nitrogens is 1. The Morgan fingerprint density at radius 3 is 2.58 bits per heavy atom. The van der Waals surface area contributed by atoms with Crippen LogP contribution in [0.4, 0.5) is 0 Å². The molecule has 1 amide bonds. The molecule has 0 radical (unpaired) electrons. The first-order valence-corrected chi connectivity index (χ1v) is 7.60. The number of aromatic carboxylic acids is 1. The molecule has 0 aliphatic rings. The molecule has 7 nitrogen and oxygen atoms in total. The molecule has 7 heteroatoms. The number of carboxylic acids is 1. The number of aryl methyl sites for hydroxylation is 1. The molecule has 0 aliphatic heterocycles. The van der Waals surface area contributed by atoms with Crippen molar-refractivity contribution in [3.05, 3.63) is 56.9 Å². The number of rotatable bonds is 6. The molecule has 0 unspecified atom stereocenters. The predicted molar refractivity (Wildman–Crippen MR) is 87.2 cm³/mol. The van der Waals surface area contributed by atoms with E-state index in [2.05, 4.69) is 10.3 Å². The van der Waals surface area contributed by atoms with Crippen molar-refractivity contribution in [2.75, 3.05) is 0 Å². The maximum Gasteiger partial charge on any atom is 0.339 e. The Bertz CT molecular complexity index is 817. The zero-order chi connectivity index (χ0) is 17.9. The summed E-state index contributed by atoms with van der Waals surface area (Å²) in [5.74, 6) is -0.536. The number of nitrogens with one attached hydrogen (secondary N) is 2. The molecule has 2 heterocycles. The number of pyridine rings is 1. The van der Waals surface area contributed by atoms with Gasteiger partial charge in [-0.3, -0.25) is 9.59 Å². The summed E-state index contributed by atoms with van der Waals surface area (Å²) in [6.45, 7) is 5.62. The molecule has 2 rings (SSSR count). The highest BCUT2D eigenvalue weighted by Gasteiger charge is 2.15. The van der Waals surface area contributed by atoms with E-state index in [9.17, 15) is 14.4 Å². The van der Waals surface area contributed by atoms with Crippen LogP contribution < -0.4 is 10.9 Å². The molecule has 0 saturated carbocycles. The van der Waals surface area contributed by atoms with E-state index in [-0.39, 0.29) is 29.0 Å². The van der Waals surface area contributed by atoms with Crippen LogP contribution in [0, 0.1) is 12.8 Å². The Hall–Kier alpha value is -2.83. The summed E-state index contributed by atoms with van der Waals surface area (Å²) in [5.41, 5.74) is 0.690. The van der Waals surface area contributed by atoms with Crippen LogP contribution in [0.1, 0.15) is 51.8 Å². The molecular weight excluding hydrogens is 312 g/mol. The van der Waals surface area contributed by atoms with Gasteiger partial charge in [0.1, 0.15) is 17.1 Å². The first-order chi connectivity index (χ1) is 11.3. The third-order valence-corrected chi connectivity index (χ3v) is 3.41. The topological polar surface area (TPSA) is 112 Å². The third-order valence-electron chi connectivity index (χ3n) is 3.41. The number of hydrogen-bond donors (Lipinski definition) is 3. The molecule has 0 saturated heterocycles. The average molecular weight is 332 g/mol. The Morgan fingerprint density at radius 2 is 2.00 bits per heavy atom. The number of furan rings is 1. The Balaban J connectivity index is 2.10. The second-order valence-corrected chi connectivity index (χ2v) is 6.03. The van der Waals surface area contributed by atoms with Crippen LogP contribution >= 0.6 is 0 Å². The van der Waals surface area contributed by atoms with E-state index in [1.165, 1.54) is 12.1 Å². The minimum absolute atomic E-state index is 0.0409. The molecule has 2 aromatic heterocycles. The van der Waals surface area contributed by atoms with Gasteiger partial charge in [0, 0.05) is 17.3 Å². The van der Waals surface area contributed by atoms with Crippen LogP contribution in [0.2, 0.25) is 0 Å². The normalized spacial score (nSPS) is 10.8. The highest BCUT2D eigenvalue weighted by Crippen LogP contribution is 2.14. The molecule has 0 bridgehead atoms. The van der Waals surface area contributed by atoms with Crippen LogP contribution in [-0.2, 0) is 13.0 Å². The van der Waals surface area contributed by atoms with Gasteiger partial charge in [-0.15, -0.1) is 0 Å². The Kier molecular flexibility index (Phi) is 5.23. The molecule has 2 aromatic rings. The van der Waals surface area contributed by atoms with Gasteiger partial charge in [-0.25, -0.2) is 4.79 Å². The smallest absolute Gasteiger partial charge is 0.339 e. The summed E-state index contributed by atoms with van der Waals surface area (Å²) in [7, 11) is 0. The van der Waals surface area contributed by atoms with Crippen LogP contribution in [-0.4, -0.2) is 22.0 Å². The van der Waals surface area contributed by atoms with E-state index in [0.717, 1.165) is 0 Å². The molecule has 0 spiro atoms. The van der Waals surface area contributed by atoms with Gasteiger partial charge in [0.15, 0.2) is 0 Å². The lowest BCUT2D eigenvalue weighted by Gasteiger charge is -2.07. The van der Waals surface area contributed by atoms with E-state index in [4.69, 9.17) is 9.52 Å². The van der Waals surface area contributed by atoms with E-state index >= 15 is 0 Å². The van der Waals surface area contributed by atoms with E-state index in [1.807, 2.05) is 13.8 Å². The van der Waals surface area contributed by atoms with Crippen molar-refractivity contribution < 1.29 is 19.1 Å². The molecule has 0 fully saturated rings. The molecule has 3 N–H and O–H groups in total. The van der Waals surface area contributed by atoms with Crippen molar-refractivity contribution in [2.45, 2.75) is 33.7 Å². The monoisotopic (exact) mass is 332 g/mol. The van der Waals surface area contributed by atoms with Crippen molar-refractivity contribution in [1.29, 1.82) is 0 Å². The number of aromatic nitrogens is 1. The van der Waals surface area contributed by atoms with Crippen LogP contribution in [0.5, 0.6) is 0 Å². The van der Waals surface area contributed by atoms with Crippen molar-refractivity contribution >= 4 is 11.9 Å². The number of hydrogen-bond acceptors (Lipinski definition) is 4. The fourth-order valence-corrected chi connectivity index (χ4v) is 2.39. The van der Waals surface area contributed by atoms with Gasteiger partial charge in [0.25, 0.3) is 5.91 Å². The minimum Gasteiger partial charge on any atom is -0.478 e. The zero-order valence-electron chi connectivity index (χ0n) is 13.8. The van der Waals surface area contributed by atoms with E-state index < -0.39 is 11.9 Å². The largest absolute Gasteiger partial charge is 0.478 e. The maximum atomic E-state index is 12.2. The fraction of sp³-hybridized carbons (Fsp3) is 0.353. The summed E-state index contributed by atoms with van der Waals surface area (Å²) in [6, 6.07) is 4.25. The fourth-order valence-electron chi connectivity index (χ4n) is 2.39. The number of carbonyl (C=O) groups is 2. The Morgan fingerprint density at radius 1 is 1.29 bits per heavy atom. The first kappa shape index (κ1) is 17.5. The van der Waals surface area contributed by atoms with Crippen molar-refractivity contribution in [2.24, 2.45) is 5.92 Å². The van der Waals surface area contributed by atoms with E-state index in [1.54, 1.807) is 13.0 Å². The average Bonchev–Trinajstić information content (AvgIpc) is 2.84. The lowest BCUT2D eigenvalue weighted by molar-refractivity contribution is 0.0694. The van der Waals surface area contributed by atoms with Gasteiger partial charge in [-0.1, -0.05) is 13.8 Å². The van der Waals surface area contributed by atoms with Crippen LogP contribution in [0.3, 0.4) is 0 Å². The minimum atomic E-state index is -1.08. The van der Waals surface area contributed by atoms with Crippen LogP contribution in [0.25, 0.3) is 0 Å². The van der Waals surface area contributed by atoms with Gasteiger partial charge in [0.2, 0.25) is 5.56 Å². The number of amides is 1. The zero-order valence-corrected chi connectivity index (χ0v) is 13.8. The summed E-state index contributed by atoms with van der Waals surface area (Å²) in [5, 5.41) is 11.6. The third kappa shape index (κ3) is 4.34. The summed E-state index contributed by atoms with van der Waals surface area (Å²) in [6.07, 6.45) is 0.662. The molecule has 0 atom stereocenters. The Labute approximate surface area is 138 Å². The molecule has 128 valence electrons. The van der Waals surface area contributed by atoms with Gasteiger partial charge >= 0.3 is 5.97 Å². The first-order valence-electron chi connectivity index (χ1n) is 7.60. The lowest BCUT2D eigenvalue weighted by atomic mass is 10.1. The number of carbonyl (C=O) groups excluding carboxylic acids is 1. The predicted octanol–water partition coefficient (Wildman–Crippen LogP) is 2.10. The van der Waals surface area contributed by atoms with Crippen molar-refractivity contribution in [3.63, 3.8) is 0 Å². The molecular formula is C17H20N2O5.